The van der Waals surface area contributed by atoms with Crippen LogP contribution in [0.5, 0.6) is 0 Å². The van der Waals surface area contributed by atoms with Gasteiger partial charge in [0, 0.05) is 13.2 Å². The largest absolute Gasteiger partial charge is 0.368 e. The quantitative estimate of drug-likeness (QED) is 0.825. The second-order valence-corrected chi connectivity index (χ2v) is 5.58. The number of nitrogens with one attached hydrogen (secondary N) is 1. The molecule has 2 rings (SSSR count). The summed E-state index contributed by atoms with van der Waals surface area (Å²) in [6, 6.07) is 0. The van der Waals surface area contributed by atoms with Crippen LogP contribution in [0, 0.1) is 0 Å². The van der Waals surface area contributed by atoms with Crippen molar-refractivity contribution in [2.24, 2.45) is 7.05 Å². The molecule has 0 saturated heterocycles. The summed E-state index contributed by atoms with van der Waals surface area (Å²) in [4.78, 5) is 7.27. The van der Waals surface area contributed by atoms with Crippen molar-refractivity contribution >= 4 is 21.7 Å². The highest BCUT2D eigenvalue weighted by Crippen LogP contribution is 2.18. The van der Waals surface area contributed by atoms with E-state index in [0.29, 0.717) is 17.8 Å². The van der Waals surface area contributed by atoms with E-state index in [9.17, 15) is 8.42 Å². The Bertz CT molecular complexity index is 677. The van der Waals surface area contributed by atoms with Gasteiger partial charge in [0.25, 0.3) is 10.0 Å². The zero-order valence-corrected chi connectivity index (χ0v) is 11.3. The Hall–Kier alpha value is -2.16. The molecule has 2 aromatic heterocycles. The molecule has 2 heterocycles. The molecule has 0 aromatic carbocycles. The number of anilines is 2. The molecule has 9 heteroatoms. The molecule has 0 aliphatic heterocycles. The highest BCUT2D eigenvalue weighted by molar-refractivity contribution is 7.92. The molecule has 0 unspecified atom stereocenters. The second-order valence-electron chi connectivity index (χ2n) is 3.90. The first-order chi connectivity index (χ1) is 8.92. The number of rotatable bonds is 4. The third-order valence-electron chi connectivity index (χ3n) is 2.44. The van der Waals surface area contributed by atoms with Gasteiger partial charge in [-0.15, -0.1) is 0 Å². The monoisotopic (exact) mass is 282 g/mol. The summed E-state index contributed by atoms with van der Waals surface area (Å²) in [6.07, 6.45) is 4.55. The molecular formula is C10H14N6O2S. The molecule has 0 radical (unpaired) electrons. The zero-order valence-electron chi connectivity index (χ0n) is 10.5. The topological polar surface area (TPSA) is 116 Å². The number of aryl methyl sites for hydroxylation is 2. The summed E-state index contributed by atoms with van der Waals surface area (Å²) in [6.45, 7) is 1.90. The molecule has 0 aliphatic carbocycles. The fraction of sp³-hybridized carbons (Fsp3) is 0.300. The predicted octanol–water partition coefficient (Wildman–Crippen LogP) is 0.156. The molecular weight excluding hydrogens is 268 g/mol. The minimum absolute atomic E-state index is 0.0228. The predicted molar refractivity (Wildman–Crippen MR) is 69.8 cm³/mol. The van der Waals surface area contributed by atoms with Crippen molar-refractivity contribution in [3.8, 4) is 0 Å². The number of sulfonamides is 1. The number of hydrogen-bond donors (Lipinski definition) is 2. The average Bonchev–Trinajstić information content (AvgIpc) is 2.69. The van der Waals surface area contributed by atoms with E-state index in [-0.39, 0.29) is 10.8 Å². The fourth-order valence-electron chi connectivity index (χ4n) is 1.55. The number of nitrogens with zero attached hydrogens (tertiary/aromatic N) is 4. The standard InChI is InChI=1S/C10H14N6O2S/c1-3-8-9(6-16(2)14-8)15-19(17,18)7-4-12-10(11)13-5-7/h4-6,15H,3H2,1-2H3,(H2,11,12,13). The number of nitrogen functional groups attached to an aromatic ring is 1. The van der Waals surface area contributed by atoms with Crippen LogP contribution >= 0.6 is 0 Å². The lowest BCUT2D eigenvalue weighted by Crippen LogP contribution is -2.14. The molecule has 102 valence electrons. The highest BCUT2D eigenvalue weighted by Gasteiger charge is 2.18. The Balaban J connectivity index is 2.33. The van der Waals surface area contributed by atoms with E-state index < -0.39 is 10.0 Å². The van der Waals surface area contributed by atoms with Gasteiger partial charge in [0.15, 0.2) is 0 Å². The molecule has 0 atom stereocenters. The zero-order chi connectivity index (χ0) is 14.0. The third kappa shape index (κ3) is 2.81. The van der Waals surface area contributed by atoms with Crippen LogP contribution in [0.3, 0.4) is 0 Å². The number of hydrogen-bond acceptors (Lipinski definition) is 6. The average molecular weight is 282 g/mol. The van der Waals surface area contributed by atoms with E-state index in [2.05, 4.69) is 19.8 Å². The van der Waals surface area contributed by atoms with Gasteiger partial charge in [-0.1, -0.05) is 6.92 Å². The minimum Gasteiger partial charge on any atom is -0.368 e. The van der Waals surface area contributed by atoms with Crippen molar-refractivity contribution in [2.75, 3.05) is 10.5 Å². The van der Waals surface area contributed by atoms with E-state index in [1.54, 1.807) is 17.9 Å². The van der Waals surface area contributed by atoms with Crippen LogP contribution in [0.4, 0.5) is 11.6 Å². The number of aromatic nitrogens is 4. The maximum atomic E-state index is 12.1. The summed E-state index contributed by atoms with van der Waals surface area (Å²) in [5.41, 5.74) is 6.44. The molecule has 0 saturated carbocycles. The molecule has 2 aromatic rings. The van der Waals surface area contributed by atoms with Gasteiger partial charge in [0.2, 0.25) is 5.95 Å². The fourth-order valence-corrected chi connectivity index (χ4v) is 2.51. The van der Waals surface area contributed by atoms with E-state index >= 15 is 0 Å². The van der Waals surface area contributed by atoms with Crippen LogP contribution in [0.15, 0.2) is 23.5 Å². The van der Waals surface area contributed by atoms with Gasteiger partial charge in [-0.3, -0.25) is 9.40 Å². The van der Waals surface area contributed by atoms with Gasteiger partial charge in [0.1, 0.15) is 4.90 Å². The molecule has 3 N–H and O–H groups in total. The Labute approximate surface area is 110 Å². The molecule has 19 heavy (non-hydrogen) atoms. The highest BCUT2D eigenvalue weighted by atomic mass is 32.2. The van der Waals surface area contributed by atoms with E-state index in [0.717, 1.165) is 12.4 Å². The summed E-state index contributed by atoms with van der Waals surface area (Å²) >= 11 is 0. The van der Waals surface area contributed by atoms with Gasteiger partial charge < -0.3 is 5.73 Å². The summed E-state index contributed by atoms with van der Waals surface area (Å²) < 4.78 is 28.3. The lowest BCUT2D eigenvalue weighted by Gasteiger charge is -2.06. The first-order valence-corrected chi connectivity index (χ1v) is 7.03. The maximum absolute atomic E-state index is 12.1. The third-order valence-corrected chi connectivity index (χ3v) is 3.76. The summed E-state index contributed by atoms with van der Waals surface area (Å²) in [5, 5.41) is 4.16. The molecule has 0 amide bonds. The van der Waals surface area contributed by atoms with Crippen molar-refractivity contribution < 1.29 is 8.42 Å². The molecule has 0 aliphatic rings. The summed E-state index contributed by atoms with van der Waals surface area (Å²) in [5.74, 6) is 0.0228. The van der Waals surface area contributed by atoms with Crippen molar-refractivity contribution in [1.82, 2.24) is 19.7 Å². The van der Waals surface area contributed by atoms with Crippen molar-refractivity contribution in [3.63, 3.8) is 0 Å². The first-order valence-electron chi connectivity index (χ1n) is 5.55. The number of nitrogens with two attached hydrogens (primary N) is 1. The summed E-state index contributed by atoms with van der Waals surface area (Å²) in [7, 11) is -2.01. The smallest absolute Gasteiger partial charge is 0.265 e. The van der Waals surface area contributed by atoms with Gasteiger partial charge in [-0.2, -0.15) is 5.10 Å². The van der Waals surface area contributed by atoms with Crippen LogP contribution in [-0.4, -0.2) is 28.2 Å². The second kappa shape index (κ2) is 4.84. The lowest BCUT2D eigenvalue weighted by molar-refractivity contribution is 0.600. The molecule has 0 bridgehead atoms. The van der Waals surface area contributed by atoms with Crippen LogP contribution in [0.25, 0.3) is 0 Å². The van der Waals surface area contributed by atoms with Crippen LogP contribution in [0.2, 0.25) is 0 Å². The van der Waals surface area contributed by atoms with Gasteiger partial charge in [-0.05, 0) is 6.42 Å². The lowest BCUT2D eigenvalue weighted by atomic mass is 10.3. The van der Waals surface area contributed by atoms with Crippen molar-refractivity contribution in [1.29, 1.82) is 0 Å². The van der Waals surface area contributed by atoms with E-state index in [4.69, 9.17) is 5.73 Å². The van der Waals surface area contributed by atoms with Gasteiger partial charge >= 0.3 is 0 Å². The Morgan fingerprint density at radius 2 is 2.00 bits per heavy atom. The Kier molecular flexibility index (Phi) is 3.38. The minimum atomic E-state index is -3.73. The van der Waals surface area contributed by atoms with Crippen LogP contribution in [-0.2, 0) is 23.5 Å². The molecule has 8 nitrogen and oxygen atoms in total. The maximum Gasteiger partial charge on any atom is 0.265 e. The first kappa shape index (κ1) is 13.3. The Morgan fingerprint density at radius 3 is 2.58 bits per heavy atom. The molecule has 0 fully saturated rings. The van der Waals surface area contributed by atoms with Gasteiger partial charge in [-0.25, -0.2) is 18.4 Å². The van der Waals surface area contributed by atoms with Crippen molar-refractivity contribution in [2.45, 2.75) is 18.2 Å². The van der Waals surface area contributed by atoms with Gasteiger partial charge in [0.05, 0.1) is 23.8 Å². The van der Waals surface area contributed by atoms with E-state index in [1.807, 2.05) is 6.92 Å². The Morgan fingerprint density at radius 1 is 1.37 bits per heavy atom. The van der Waals surface area contributed by atoms with E-state index in [1.165, 1.54) is 0 Å². The van der Waals surface area contributed by atoms with Crippen LogP contribution < -0.4 is 10.5 Å². The van der Waals surface area contributed by atoms with Crippen LogP contribution in [0.1, 0.15) is 12.6 Å². The normalized spacial score (nSPS) is 11.5. The van der Waals surface area contributed by atoms with Crippen molar-refractivity contribution in [3.05, 3.63) is 24.3 Å². The SMILES string of the molecule is CCc1nn(C)cc1NS(=O)(=O)c1cnc(N)nc1. The molecule has 0 spiro atoms.